The zero-order valence-electron chi connectivity index (χ0n) is 10.5. The van der Waals surface area contributed by atoms with E-state index in [-0.39, 0.29) is 5.82 Å². The molecule has 0 aliphatic heterocycles. The maximum Gasteiger partial charge on any atom is 0.123 e. The van der Waals surface area contributed by atoms with Gasteiger partial charge in [-0.1, -0.05) is 12.1 Å². The average Bonchev–Trinajstić information content (AvgIpc) is 2.39. The van der Waals surface area contributed by atoms with Crippen molar-refractivity contribution >= 4 is 0 Å². The van der Waals surface area contributed by atoms with Crippen LogP contribution in [0.15, 0.2) is 36.4 Å². The lowest BCUT2D eigenvalue weighted by Crippen LogP contribution is -2.00. The normalized spacial score (nSPS) is 10.4. The van der Waals surface area contributed by atoms with Gasteiger partial charge in [-0.25, -0.2) is 4.39 Å². The van der Waals surface area contributed by atoms with Crippen LogP contribution in [-0.4, -0.2) is 7.11 Å². The maximum absolute atomic E-state index is 13.2. The number of hydrogen-bond donors (Lipinski definition) is 1. The van der Waals surface area contributed by atoms with Crippen LogP contribution >= 0.6 is 0 Å². The summed E-state index contributed by atoms with van der Waals surface area (Å²) in [4.78, 5) is 0. The molecule has 0 aliphatic rings. The molecule has 0 amide bonds. The molecule has 2 aromatic carbocycles. The van der Waals surface area contributed by atoms with Crippen molar-refractivity contribution in [1.29, 1.82) is 0 Å². The predicted octanol–water partition coefficient (Wildman–Crippen LogP) is 3.27. The van der Waals surface area contributed by atoms with E-state index < -0.39 is 0 Å². The van der Waals surface area contributed by atoms with Gasteiger partial charge in [0.05, 0.1) is 7.11 Å². The summed E-state index contributed by atoms with van der Waals surface area (Å²) in [7, 11) is 1.64. The van der Waals surface area contributed by atoms with Gasteiger partial charge in [0.2, 0.25) is 0 Å². The third kappa shape index (κ3) is 2.36. The lowest BCUT2D eigenvalue weighted by Gasteiger charge is -2.12. The minimum atomic E-state index is -0.259. The molecule has 0 saturated carbocycles. The fourth-order valence-electron chi connectivity index (χ4n) is 2.06. The van der Waals surface area contributed by atoms with Gasteiger partial charge in [0, 0.05) is 6.54 Å². The first-order chi connectivity index (χ1) is 8.65. The summed E-state index contributed by atoms with van der Waals surface area (Å²) in [6.45, 7) is 2.32. The summed E-state index contributed by atoms with van der Waals surface area (Å²) in [5.74, 6) is 0.554. The highest BCUT2D eigenvalue weighted by Gasteiger charge is 2.08. The van der Waals surface area contributed by atoms with Crippen LogP contribution in [-0.2, 0) is 6.54 Å². The molecule has 2 rings (SSSR count). The largest absolute Gasteiger partial charge is 0.497 e. The molecule has 0 saturated heterocycles. The average molecular weight is 245 g/mol. The third-order valence-electron chi connectivity index (χ3n) is 3.01. The van der Waals surface area contributed by atoms with Gasteiger partial charge in [-0.2, -0.15) is 0 Å². The van der Waals surface area contributed by atoms with E-state index in [1.807, 2.05) is 25.1 Å². The Morgan fingerprint density at radius 3 is 2.44 bits per heavy atom. The zero-order chi connectivity index (χ0) is 13.1. The molecule has 0 fully saturated rings. The van der Waals surface area contributed by atoms with Crippen molar-refractivity contribution in [2.75, 3.05) is 7.11 Å². The van der Waals surface area contributed by atoms with Crippen molar-refractivity contribution < 1.29 is 9.13 Å². The van der Waals surface area contributed by atoms with Crippen molar-refractivity contribution in [3.63, 3.8) is 0 Å². The Balaban J connectivity index is 2.54. The number of benzene rings is 2. The van der Waals surface area contributed by atoms with E-state index in [0.29, 0.717) is 6.54 Å². The van der Waals surface area contributed by atoms with Gasteiger partial charge in [0.1, 0.15) is 11.6 Å². The SMILES string of the molecule is COc1ccc(-c2ccc(F)cc2CN)c(C)c1. The number of aryl methyl sites for hydroxylation is 1. The molecule has 3 heteroatoms. The molecule has 0 radical (unpaired) electrons. The van der Waals surface area contributed by atoms with Crippen molar-refractivity contribution in [2.24, 2.45) is 5.73 Å². The van der Waals surface area contributed by atoms with Gasteiger partial charge in [-0.3, -0.25) is 0 Å². The van der Waals surface area contributed by atoms with Gasteiger partial charge >= 0.3 is 0 Å². The number of methoxy groups -OCH3 is 1. The van der Waals surface area contributed by atoms with Crippen LogP contribution in [0, 0.1) is 12.7 Å². The lowest BCUT2D eigenvalue weighted by atomic mass is 9.96. The first-order valence-electron chi connectivity index (χ1n) is 5.79. The summed E-state index contributed by atoms with van der Waals surface area (Å²) in [5.41, 5.74) is 9.58. The molecule has 2 nitrogen and oxygen atoms in total. The molecule has 0 aliphatic carbocycles. The number of halogens is 1. The number of ether oxygens (including phenoxy) is 1. The molecule has 0 bridgehead atoms. The van der Waals surface area contributed by atoms with E-state index in [9.17, 15) is 4.39 Å². The Kier molecular flexibility index (Phi) is 3.63. The second kappa shape index (κ2) is 5.19. The van der Waals surface area contributed by atoms with Crippen molar-refractivity contribution in [2.45, 2.75) is 13.5 Å². The summed E-state index contributed by atoms with van der Waals surface area (Å²) < 4.78 is 18.4. The highest BCUT2D eigenvalue weighted by atomic mass is 19.1. The van der Waals surface area contributed by atoms with Crippen molar-refractivity contribution in [3.8, 4) is 16.9 Å². The van der Waals surface area contributed by atoms with Crippen LogP contribution in [0.25, 0.3) is 11.1 Å². The Hall–Kier alpha value is -1.87. The predicted molar refractivity (Wildman–Crippen MR) is 71.0 cm³/mol. The molecule has 0 aromatic heterocycles. The van der Waals surface area contributed by atoms with E-state index in [4.69, 9.17) is 10.5 Å². The maximum atomic E-state index is 13.2. The standard InChI is InChI=1S/C15H16FNO/c1-10-7-13(18-2)4-6-14(10)15-5-3-12(16)8-11(15)9-17/h3-8H,9,17H2,1-2H3. The van der Waals surface area contributed by atoms with Gasteiger partial charge in [-0.15, -0.1) is 0 Å². The third-order valence-corrected chi connectivity index (χ3v) is 3.01. The molecule has 2 N–H and O–H groups in total. The highest BCUT2D eigenvalue weighted by Crippen LogP contribution is 2.29. The Morgan fingerprint density at radius 1 is 1.11 bits per heavy atom. The van der Waals surface area contributed by atoms with E-state index in [0.717, 1.165) is 28.0 Å². The molecule has 2 aromatic rings. The second-order valence-corrected chi connectivity index (χ2v) is 4.19. The first kappa shape index (κ1) is 12.6. The van der Waals surface area contributed by atoms with Crippen LogP contribution in [0.4, 0.5) is 4.39 Å². The molecular formula is C15H16FNO. The lowest BCUT2D eigenvalue weighted by molar-refractivity contribution is 0.414. The van der Waals surface area contributed by atoms with E-state index in [1.54, 1.807) is 13.2 Å². The smallest absolute Gasteiger partial charge is 0.123 e. The van der Waals surface area contributed by atoms with Crippen LogP contribution in [0.2, 0.25) is 0 Å². The quantitative estimate of drug-likeness (QED) is 0.900. The molecule has 18 heavy (non-hydrogen) atoms. The summed E-state index contributed by atoms with van der Waals surface area (Å²) in [6, 6.07) is 10.5. The number of hydrogen-bond acceptors (Lipinski definition) is 2. The van der Waals surface area contributed by atoms with E-state index in [2.05, 4.69) is 0 Å². The Labute approximate surface area is 106 Å². The number of nitrogens with two attached hydrogens (primary N) is 1. The minimum absolute atomic E-state index is 0.259. The molecule has 0 atom stereocenters. The van der Waals surface area contributed by atoms with Crippen molar-refractivity contribution in [3.05, 3.63) is 53.3 Å². The fraction of sp³-hybridized carbons (Fsp3) is 0.200. The molecule has 0 unspecified atom stereocenters. The van der Waals surface area contributed by atoms with Crippen molar-refractivity contribution in [1.82, 2.24) is 0 Å². The zero-order valence-corrected chi connectivity index (χ0v) is 10.5. The van der Waals surface area contributed by atoms with Gasteiger partial charge in [-0.05, 0) is 53.4 Å². The molecule has 0 spiro atoms. The van der Waals surface area contributed by atoms with Gasteiger partial charge in [0.15, 0.2) is 0 Å². The topological polar surface area (TPSA) is 35.2 Å². The van der Waals surface area contributed by atoms with Crippen LogP contribution in [0.1, 0.15) is 11.1 Å². The molecule has 94 valence electrons. The van der Waals surface area contributed by atoms with E-state index >= 15 is 0 Å². The molecule has 0 heterocycles. The Morgan fingerprint density at radius 2 is 1.83 bits per heavy atom. The highest BCUT2D eigenvalue weighted by molar-refractivity contribution is 5.71. The fourth-order valence-corrected chi connectivity index (χ4v) is 2.06. The summed E-state index contributed by atoms with van der Waals surface area (Å²) >= 11 is 0. The number of rotatable bonds is 3. The first-order valence-corrected chi connectivity index (χ1v) is 5.79. The van der Waals surface area contributed by atoms with Crippen LogP contribution < -0.4 is 10.5 Å². The molecular weight excluding hydrogens is 229 g/mol. The van der Waals surface area contributed by atoms with Crippen LogP contribution in [0.5, 0.6) is 5.75 Å². The van der Waals surface area contributed by atoms with Crippen LogP contribution in [0.3, 0.4) is 0 Å². The van der Waals surface area contributed by atoms with Gasteiger partial charge < -0.3 is 10.5 Å². The summed E-state index contributed by atoms with van der Waals surface area (Å²) in [5, 5.41) is 0. The van der Waals surface area contributed by atoms with Gasteiger partial charge in [0.25, 0.3) is 0 Å². The summed E-state index contributed by atoms with van der Waals surface area (Å²) in [6.07, 6.45) is 0. The Bertz CT molecular complexity index is 566. The minimum Gasteiger partial charge on any atom is -0.497 e. The second-order valence-electron chi connectivity index (χ2n) is 4.19. The monoisotopic (exact) mass is 245 g/mol. The van der Waals surface area contributed by atoms with E-state index in [1.165, 1.54) is 12.1 Å².